The number of hydrogen-bond acceptors (Lipinski definition) is 5. The normalized spacial score (nSPS) is 10.2. The fourth-order valence-electron chi connectivity index (χ4n) is 1.49. The highest BCUT2D eigenvalue weighted by Gasteiger charge is 2.10. The van der Waals surface area contributed by atoms with Crippen molar-refractivity contribution in [3.8, 4) is 5.88 Å². The molecule has 0 unspecified atom stereocenters. The SMILES string of the molecule is COc1ncnc(Nc2ccc(C)cc2F)c1N. The first-order valence-electron chi connectivity index (χ1n) is 5.29. The smallest absolute Gasteiger partial charge is 0.242 e. The van der Waals surface area contributed by atoms with Crippen LogP contribution in [0.25, 0.3) is 0 Å². The molecule has 0 saturated carbocycles. The van der Waals surface area contributed by atoms with Crippen molar-refractivity contribution in [2.24, 2.45) is 0 Å². The lowest BCUT2D eigenvalue weighted by Gasteiger charge is -2.11. The maximum Gasteiger partial charge on any atom is 0.242 e. The van der Waals surface area contributed by atoms with Crippen LogP contribution in [-0.2, 0) is 0 Å². The van der Waals surface area contributed by atoms with Gasteiger partial charge in [0.2, 0.25) is 5.88 Å². The van der Waals surface area contributed by atoms with Gasteiger partial charge in [-0.2, -0.15) is 4.98 Å². The van der Waals surface area contributed by atoms with Crippen molar-refractivity contribution in [1.29, 1.82) is 0 Å². The summed E-state index contributed by atoms with van der Waals surface area (Å²) in [5, 5.41) is 2.81. The van der Waals surface area contributed by atoms with Gasteiger partial charge in [0.25, 0.3) is 0 Å². The highest BCUT2D eigenvalue weighted by atomic mass is 19.1. The number of aromatic nitrogens is 2. The third-order valence-electron chi connectivity index (χ3n) is 2.42. The molecule has 0 bridgehead atoms. The Morgan fingerprint density at radius 2 is 2.11 bits per heavy atom. The average molecular weight is 248 g/mol. The quantitative estimate of drug-likeness (QED) is 0.871. The molecule has 0 spiro atoms. The molecule has 1 aromatic heterocycles. The van der Waals surface area contributed by atoms with Crippen molar-refractivity contribution < 1.29 is 9.13 Å². The molecule has 2 aromatic rings. The van der Waals surface area contributed by atoms with E-state index in [1.165, 1.54) is 19.5 Å². The van der Waals surface area contributed by atoms with E-state index < -0.39 is 0 Å². The van der Waals surface area contributed by atoms with Crippen molar-refractivity contribution in [1.82, 2.24) is 9.97 Å². The van der Waals surface area contributed by atoms with Crippen LogP contribution >= 0.6 is 0 Å². The first-order chi connectivity index (χ1) is 8.61. The molecule has 1 heterocycles. The summed E-state index contributed by atoms with van der Waals surface area (Å²) in [6.07, 6.45) is 1.30. The molecule has 0 atom stereocenters. The number of ether oxygens (including phenoxy) is 1. The molecule has 18 heavy (non-hydrogen) atoms. The predicted octanol–water partition coefficient (Wildman–Crippen LogP) is 2.26. The number of nitrogens with two attached hydrogens (primary N) is 1. The van der Waals surface area contributed by atoms with E-state index in [9.17, 15) is 4.39 Å². The molecule has 1 aromatic carbocycles. The Balaban J connectivity index is 2.34. The molecule has 0 aliphatic rings. The van der Waals surface area contributed by atoms with Gasteiger partial charge in [-0.05, 0) is 24.6 Å². The number of aryl methyl sites for hydroxylation is 1. The first kappa shape index (κ1) is 12.1. The van der Waals surface area contributed by atoms with Gasteiger partial charge in [0.15, 0.2) is 5.82 Å². The fraction of sp³-hybridized carbons (Fsp3) is 0.167. The fourth-order valence-corrected chi connectivity index (χ4v) is 1.49. The highest BCUT2D eigenvalue weighted by molar-refractivity contribution is 5.72. The standard InChI is InChI=1S/C12H13FN4O/c1-7-3-4-9(8(13)5-7)17-11-10(14)12(18-2)16-6-15-11/h3-6H,14H2,1-2H3,(H,15,16,17). The van der Waals surface area contributed by atoms with Gasteiger partial charge < -0.3 is 15.8 Å². The van der Waals surface area contributed by atoms with Crippen LogP contribution in [-0.4, -0.2) is 17.1 Å². The summed E-state index contributed by atoms with van der Waals surface area (Å²) in [7, 11) is 1.45. The minimum Gasteiger partial charge on any atom is -0.479 e. The summed E-state index contributed by atoms with van der Waals surface area (Å²) in [5.74, 6) is 0.191. The molecule has 94 valence electrons. The number of nitrogen functional groups attached to an aromatic ring is 1. The second-order valence-electron chi connectivity index (χ2n) is 3.75. The summed E-state index contributed by atoms with van der Waals surface area (Å²) in [5.41, 5.74) is 7.16. The average Bonchev–Trinajstić information content (AvgIpc) is 2.35. The first-order valence-corrected chi connectivity index (χ1v) is 5.29. The highest BCUT2D eigenvalue weighted by Crippen LogP contribution is 2.28. The third-order valence-corrected chi connectivity index (χ3v) is 2.42. The number of nitrogens with zero attached hydrogens (tertiary/aromatic N) is 2. The Labute approximate surface area is 104 Å². The third kappa shape index (κ3) is 2.32. The van der Waals surface area contributed by atoms with E-state index >= 15 is 0 Å². The predicted molar refractivity (Wildman–Crippen MR) is 67.4 cm³/mol. The van der Waals surface area contributed by atoms with Gasteiger partial charge >= 0.3 is 0 Å². The van der Waals surface area contributed by atoms with Gasteiger partial charge in [-0.3, -0.25) is 0 Å². The number of nitrogens with one attached hydrogen (secondary N) is 1. The van der Waals surface area contributed by atoms with Crippen LogP contribution in [0.3, 0.4) is 0 Å². The molecule has 0 amide bonds. The van der Waals surface area contributed by atoms with Crippen LogP contribution in [0, 0.1) is 12.7 Å². The van der Waals surface area contributed by atoms with Crippen molar-refractivity contribution >= 4 is 17.2 Å². The van der Waals surface area contributed by atoms with Crippen molar-refractivity contribution in [3.05, 3.63) is 35.9 Å². The minimum atomic E-state index is -0.369. The largest absolute Gasteiger partial charge is 0.479 e. The molecule has 0 aliphatic heterocycles. The van der Waals surface area contributed by atoms with E-state index in [4.69, 9.17) is 10.5 Å². The van der Waals surface area contributed by atoms with Gasteiger partial charge in [0.1, 0.15) is 17.8 Å². The van der Waals surface area contributed by atoms with Crippen molar-refractivity contribution in [3.63, 3.8) is 0 Å². The number of anilines is 3. The zero-order valence-corrected chi connectivity index (χ0v) is 10.1. The molecule has 3 N–H and O–H groups in total. The monoisotopic (exact) mass is 248 g/mol. The van der Waals surface area contributed by atoms with Crippen molar-refractivity contribution in [2.45, 2.75) is 6.92 Å². The zero-order valence-electron chi connectivity index (χ0n) is 10.1. The maximum absolute atomic E-state index is 13.7. The molecule has 0 saturated heterocycles. The van der Waals surface area contributed by atoms with Gasteiger partial charge in [0, 0.05) is 0 Å². The topological polar surface area (TPSA) is 73.1 Å². The van der Waals surface area contributed by atoms with Crippen molar-refractivity contribution in [2.75, 3.05) is 18.2 Å². The Morgan fingerprint density at radius 3 is 2.78 bits per heavy atom. The Hall–Kier alpha value is -2.37. The molecule has 0 radical (unpaired) electrons. The van der Waals surface area contributed by atoms with Gasteiger partial charge in [-0.25, -0.2) is 9.37 Å². The van der Waals surface area contributed by atoms with Crippen LogP contribution in [0.2, 0.25) is 0 Å². The molecule has 0 fully saturated rings. The molecule has 6 heteroatoms. The maximum atomic E-state index is 13.7. The van der Waals surface area contributed by atoms with Crippen LogP contribution in [0.4, 0.5) is 21.6 Å². The zero-order chi connectivity index (χ0) is 13.1. The second kappa shape index (κ2) is 4.87. The second-order valence-corrected chi connectivity index (χ2v) is 3.75. The van der Waals surface area contributed by atoms with Crippen LogP contribution < -0.4 is 15.8 Å². The summed E-state index contributed by atoms with van der Waals surface area (Å²) in [6.45, 7) is 1.81. The van der Waals surface area contributed by atoms with E-state index in [0.29, 0.717) is 11.5 Å². The molecular formula is C12H13FN4O. The minimum absolute atomic E-state index is 0.236. The number of hydrogen-bond donors (Lipinski definition) is 2. The summed E-state index contributed by atoms with van der Waals surface area (Å²) >= 11 is 0. The Kier molecular flexibility index (Phi) is 3.27. The summed E-state index contributed by atoms with van der Waals surface area (Å²) in [4.78, 5) is 7.80. The lowest BCUT2D eigenvalue weighted by molar-refractivity contribution is 0.399. The Morgan fingerprint density at radius 1 is 1.33 bits per heavy atom. The summed E-state index contributed by atoms with van der Waals surface area (Å²) < 4.78 is 18.6. The van der Waals surface area contributed by atoms with Gasteiger partial charge in [-0.15, -0.1) is 0 Å². The van der Waals surface area contributed by atoms with Gasteiger partial charge in [-0.1, -0.05) is 6.07 Å². The molecular weight excluding hydrogens is 235 g/mol. The number of benzene rings is 1. The number of methoxy groups -OCH3 is 1. The lowest BCUT2D eigenvalue weighted by atomic mass is 10.2. The molecule has 2 rings (SSSR count). The van der Waals surface area contributed by atoms with E-state index in [-0.39, 0.29) is 17.4 Å². The van der Waals surface area contributed by atoms with E-state index in [1.807, 2.05) is 6.92 Å². The summed E-state index contributed by atoms with van der Waals surface area (Å²) in [6, 6.07) is 4.84. The van der Waals surface area contributed by atoms with Gasteiger partial charge in [0.05, 0.1) is 12.8 Å². The number of halogens is 1. The number of rotatable bonds is 3. The molecule has 0 aliphatic carbocycles. The Bertz CT molecular complexity index is 574. The molecule has 5 nitrogen and oxygen atoms in total. The van der Waals surface area contributed by atoms with E-state index in [0.717, 1.165) is 5.56 Å². The van der Waals surface area contributed by atoms with Crippen LogP contribution in [0.15, 0.2) is 24.5 Å². The van der Waals surface area contributed by atoms with Crippen LogP contribution in [0.1, 0.15) is 5.56 Å². The lowest BCUT2D eigenvalue weighted by Crippen LogP contribution is -2.04. The van der Waals surface area contributed by atoms with E-state index in [1.54, 1.807) is 12.1 Å². The van der Waals surface area contributed by atoms with Crippen LogP contribution in [0.5, 0.6) is 5.88 Å². The van der Waals surface area contributed by atoms with E-state index in [2.05, 4.69) is 15.3 Å².